The molecule has 3 aromatic rings. The standard InChI is InChI=1S/C17H15N3O5S/c1-10-7-13(20(22)23)15(24-2)8-12(10)18-16(21)9-26-17-19-11-5-3-4-6-14(11)25-17/h3-8H,9H2,1-2H3,(H,18,21). The van der Waals surface area contributed by atoms with E-state index in [2.05, 4.69) is 10.3 Å². The van der Waals surface area contributed by atoms with Crippen LogP contribution in [0.4, 0.5) is 11.4 Å². The van der Waals surface area contributed by atoms with Crippen molar-refractivity contribution in [3.8, 4) is 5.75 Å². The topological polar surface area (TPSA) is 108 Å². The average molecular weight is 373 g/mol. The minimum absolute atomic E-state index is 0.0857. The summed E-state index contributed by atoms with van der Waals surface area (Å²) < 4.78 is 10.6. The Morgan fingerprint density at radius 2 is 2.15 bits per heavy atom. The highest BCUT2D eigenvalue weighted by Gasteiger charge is 2.18. The molecule has 1 N–H and O–H groups in total. The zero-order valence-corrected chi connectivity index (χ0v) is 14.8. The smallest absolute Gasteiger partial charge is 0.311 e. The molecule has 134 valence electrons. The number of oxazole rings is 1. The van der Waals surface area contributed by atoms with Gasteiger partial charge in [-0.25, -0.2) is 4.98 Å². The number of anilines is 1. The zero-order valence-electron chi connectivity index (χ0n) is 14.0. The maximum absolute atomic E-state index is 12.2. The third-order valence-electron chi connectivity index (χ3n) is 3.60. The Balaban J connectivity index is 1.68. The lowest BCUT2D eigenvalue weighted by Gasteiger charge is -2.10. The van der Waals surface area contributed by atoms with E-state index in [0.29, 0.717) is 22.1 Å². The summed E-state index contributed by atoms with van der Waals surface area (Å²) in [6, 6.07) is 10.1. The Morgan fingerprint density at radius 3 is 2.85 bits per heavy atom. The number of amides is 1. The summed E-state index contributed by atoms with van der Waals surface area (Å²) in [4.78, 5) is 27.0. The fourth-order valence-corrected chi connectivity index (χ4v) is 2.98. The Kier molecular flexibility index (Phi) is 5.08. The van der Waals surface area contributed by atoms with Crippen LogP contribution in [-0.4, -0.2) is 28.7 Å². The molecular weight excluding hydrogens is 358 g/mol. The van der Waals surface area contributed by atoms with Crippen LogP contribution in [0.5, 0.6) is 5.75 Å². The number of para-hydroxylation sites is 2. The predicted octanol–water partition coefficient (Wildman–Crippen LogP) is 3.78. The predicted molar refractivity (Wildman–Crippen MR) is 97.7 cm³/mol. The SMILES string of the molecule is COc1cc(NC(=O)CSc2nc3ccccc3o2)c(C)cc1[N+](=O)[O-]. The second-order valence-electron chi connectivity index (χ2n) is 5.38. The van der Waals surface area contributed by atoms with E-state index in [1.165, 1.54) is 31.0 Å². The second kappa shape index (κ2) is 7.44. The van der Waals surface area contributed by atoms with Gasteiger partial charge >= 0.3 is 5.69 Å². The normalized spacial score (nSPS) is 10.7. The summed E-state index contributed by atoms with van der Waals surface area (Å²) in [5, 5.41) is 14.1. The molecule has 0 bridgehead atoms. The maximum atomic E-state index is 12.2. The van der Waals surface area contributed by atoms with Crippen molar-refractivity contribution in [2.75, 3.05) is 18.2 Å². The number of thioether (sulfide) groups is 1. The van der Waals surface area contributed by atoms with Crippen LogP contribution in [0.3, 0.4) is 0 Å². The first-order valence-corrected chi connectivity index (χ1v) is 8.57. The first kappa shape index (κ1) is 17.7. The number of carbonyl (C=O) groups excluding carboxylic acids is 1. The molecule has 1 amide bonds. The van der Waals surface area contributed by atoms with Crippen LogP contribution < -0.4 is 10.1 Å². The van der Waals surface area contributed by atoms with E-state index in [9.17, 15) is 14.9 Å². The van der Waals surface area contributed by atoms with Crippen molar-refractivity contribution in [3.63, 3.8) is 0 Å². The van der Waals surface area contributed by atoms with Crippen LogP contribution in [0.25, 0.3) is 11.1 Å². The number of carbonyl (C=O) groups is 1. The fourth-order valence-electron chi connectivity index (χ4n) is 2.34. The third kappa shape index (κ3) is 3.77. The van der Waals surface area contributed by atoms with Crippen molar-refractivity contribution >= 4 is 40.1 Å². The molecule has 0 fully saturated rings. The van der Waals surface area contributed by atoms with Gasteiger partial charge < -0.3 is 14.5 Å². The number of hydrogen-bond acceptors (Lipinski definition) is 7. The van der Waals surface area contributed by atoms with Crippen LogP contribution in [-0.2, 0) is 4.79 Å². The number of nitro benzene ring substituents is 1. The minimum Gasteiger partial charge on any atom is -0.490 e. The summed E-state index contributed by atoms with van der Waals surface area (Å²) in [5.74, 6) is -0.107. The molecule has 0 radical (unpaired) electrons. The number of methoxy groups -OCH3 is 1. The third-order valence-corrected chi connectivity index (χ3v) is 4.43. The van der Waals surface area contributed by atoms with Gasteiger partial charge in [-0.2, -0.15) is 0 Å². The van der Waals surface area contributed by atoms with E-state index in [0.717, 1.165) is 5.52 Å². The number of nitro groups is 1. The number of fused-ring (bicyclic) bond motifs is 1. The van der Waals surface area contributed by atoms with Gasteiger partial charge in [-0.05, 0) is 24.6 Å². The molecule has 8 nitrogen and oxygen atoms in total. The van der Waals surface area contributed by atoms with Crippen molar-refractivity contribution in [3.05, 3.63) is 52.1 Å². The lowest BCUT2D eigenvalue weighted by atomic mass is 10.1. The molecule has 0 spiro atoms. The molecule has 0 aliphatic rings. The summed E-state index contributed by atoms with van der Waals surface area (Å²) in [6.45, 7) is 1.68. The molecule has 2 aromatic carbocycles. The summed E-state index contributed by atoms with van der Waals surface area (Å²) >= 11 is 1.17. The van der Waals surface area contributed by atoms with Crippen molar-refractivity contribution in [2.24, 2.45) is 0 Å². The summed E-state index contributed by atoms with van der Waals surface area (Å²) in [7, 11) is 1.34. The van der Waals surface area contributed by atoms with Gasteiger partial charge in [-0.15, -0.1) is 0 Å². The number of ether oxygens (including phenoxy) is 1. The van der Waals surface area contributed by atoms with Gasteiger partial charge in [-0.3, -0.25) is 14.9 Å². The van der Waals surface area contributed by atoms with Crippen LogP contribution >= 0.6 is 11.8 Å². The van der Waals surface area contributed by atoms with Crippen LogP contribution in [0.15, 0.2) is 46.0 Å². The molecule has 0 saturated carbocycles. The highest BCUT2D eigenvalue weighted by atomic mass is 32.2. The molecule has 0 saturated heterocycles. The monoisotopic (exact) mass is 373 g/mol. The van der Waals surface area contributed by atoms with Crippen LogP contribution in [0.1, 0.15) is 5.56 Å². The van der Waals surface area contributed by atoms with Gasteiger partial charge in [0.05, 0.1) is 17.8 Å². The number of aryl methyl sites for hydroxylation is 1. The minimum atomic E-state index is -0.527. The highest BCUT2D eigenvalue weighted by Crippen LogP contribution is 2.33. The largest absolute Gasteiger partial charge is 0.490 e. The summed E-state index contributed by atoms with van der Waals surface area (Å²) in [5.41, 5.74) is 2.26. The van der Waals surface area contributed by atoms with Crippen molar-refractivity contribution in [1.82, 2.24) is 4.98 Å². The van der Waals surface area contributed by atoms with Gasteiger partial charge in [0.25, 0.3) is 5.22 Å². The van der Waals surface area contributed by atoms with E-state index in [1.54, 1.807) is 13.0 Å². The quantitative estimate of drug-likeness (QED) is 0.398. The molecular formula is C17H15N3O5S. The molecule has 3 rings (SSSR count). The lowest BCUT2D eigenvalue weighted by molar-refractivity contribution is -0.385. The number of aromatic nitrogens is 1. The van der Waals surface area contributed by atoms with Crippen molar-refractivity contribution < 1.29 is 18.9 Å². The number of hydrogen-bond donors (Lipinski definition) is 1. The first-order chi connectivity index (χ1) is 12.5. The molecule has 9 heteroatoms. The molecule has 0 aliphatic carbocycles. The number of nitrogens with one attached hydrogen (secondary N) is 1. The van der Waals surface area contributed by atoms with E-state index >= 15 is 0 Å². The van der Waals surface area contributed by atoms with Gasteiger partial charge in [0, 0.05) is 17.8 Å². The molecule has 0 unspecified atom stereocenters. The molecule has 0 atom stereocenters. The van der Waals surface area contributed by atoms with E-state index in [1.807, 2.05) is 18.2 Å². The molecule has 1 aromatic heterocycles. The maximum Gasteiger partial charge on any atom is 0.311 e. The Hall–Kier alpha value is -3.07. The van der Waals surface area contributed by atoms with E-state index in [-0.39, 0.29) is 23.1 Å². The van der Waals surface area contributed by atoms with Gasteiger partial charge in [-0.1, -0.05) is 23.9 Å². The van der Waals surface area contributed by atoms with E-state index in [4.69, 9.17) is 9.15 Å². The van der Waals surface area contributed by atoms with Crippen LogP contribution in [0, 0.1) is 17.0 Å². The van der Waals surface area contributed by atoms with Crippen molar-refractivity contribution in [1.29, 1.82) is 0 Å². The summed E-state index contributed by atoms with van der Waals surface area (Å²) in [6.07, 6.45) is 0. The van der Waals surface area contributed by atoms with Gasteiger partial charge in [0.15, 0.2) is 11.3 Å². The Bertz CT molecular complexity index is 953. The fraction of sp³-hybridized carbons (Fsp3) is 0.176. The van der Waals surface area contributed by atoms with E-state index < -0.39 is 4.92 Å². The molecule has 1 heterocycles. The molecule has 0 aliphatic heterocycles. The van der Waals surface area contributed by atoms with Gasteiger partial charge in [0.2, 0.25) is 5.91 Å². The Morgan fingerprint density at radius 1 is 1.38 bits per heavy atom. The van der Waals surface area contributed by atoms with Crippen LogP contribution in [0.2, 0.25) is 0 Å². The molecule has 26 heavy (non-hydrogen) atoms. The first-order valence-electron chi connectivity index (χ1n) is 7.59. The number of benzene rings is 2. The number of nitrogens with zero attached hydrogens (tertiary/aromatic N) is 2. The number of rotatable bonds is 6. The Labute approximate surface area is 152 Å². The highest BCUT2D eigenvalue weighted by molar-refractivity contribution is 7.99. The van der Waals surface area contributed by atoms with Crippen molar-refractivity contribution in [2.45, 2.75) is 12.1 Å². The zero-order chi connectivity index (χ0) is 18.7. The average Bonchev–Trinajstić information content (AvgIpc) is 3.04. The lowest BCUT2D eigenvalue weighted by Crippen LogP contribution is -2.15. The van der Waals surface area contributed by atoms with Gasteiger partial charge in [0.1, 0.15) is 5.52 Å². The second-order valence-corrected chi connectivity index (χ2v) is 6.31.